The third-order valence-corrected chi connectivity index (χ3v) is 1.35. The monoisotopic (exact) mass is 166 g/mol. The quantitative estimate of drug-likeness (QED) is 0.371. The fraction of sp³-hybridized carbons (Fsp3) is 1.00. The van der Waals surface area contributed by atoms with Crippen LogP contribution in [0.1, 0.15) is 33.1 Å². The average molecular weight is 167 g/mol. The van der Waals surface area contributed by atoms with Crippen LogP contribution in [0.3, 0.4) is 0 Å². The largest absolute Gasteiger partial charge is 0.271 e. The summed E-state index contributed by atoms with van der Waals surface area (Å²) < 4.78 is 0. The molecule has 0 fully saturated rings. The molecule has 0 aliphatic carbocycles. The molecule has 10 heavy (non-hydrogen) atoms. The molecule has 0 saturated carbocycles. The van der Waals surface area contributed by atoms with E-state index in [2.05, 4.69) is 19.3 Å². The number of nitrogens with one attached hydrogen (secondary N) is 1. The number of rotatable bonds is 5. The molecule has 0 bridgehead atoms. The van der Waals surface area contributed by atoms with Crippen molar-refractivity contribution < 1.29 is 0 Å². The Morgan fingerprint density at radius 1 is 1.30 bits per heavy atom. The Morgan fingerprint density at radius 2 is 1.90 bits per heavy atom. The minimum Gasteiger partial charge on any atom is -0.271 e. The molecule has 0 aromatic carbocycles. The third-order valence-electron chi connectivity index (χ3n) is 1.35. The van der Waals surface area contributed by atoms with Crippen LogP contribution in [0.5, 0.6) is 0 Å². The Morgan fingerprint density at radius 3 is 2.30 bits per heavy atom. The minimum absolute atomic E-state index is 0. The average Bonchev–Trinajstić information content (AvgIpc) is 1.80. The highest BCUT2D eigenvalue weighted by Crippen LogP contribution is 2.04. The van der Waals surface area contributed by atoms with Crippen molar-refractivity contribution in [3.05, 3.63) is 0 Å². The van der Waals surface area contributed by atoms with Gasteiger partial charge in [0.15, 0.2) is 0 Å². The fourth-order valence-corrected chi connectivity index (χ4v) is 0.780. The number of halogens is 1. The maximum absolute atomic E-state index is 5.10. The van der Waals surface area contributed by atoms with Gasteiger partial charge in [0.2, 0.25) is 0 Å². The SMILES string of the molecule is CC(C)CCCCNN.Cl. The first-order chi connectivity index (χ1) is 4.27. The summed E-state index contributed by atoms with van der Waals surface area (Å²) in [6, 6.07) is 0. The first kappa shape index (κ1) is 12.8. The summed E-state index contributed by atoms with van der Waals surface area (Å²) in [5.74, 6) is 5.93. The van der Waals surface area contributed by atoms with Crippen LogP contribution in [-0.4, -0.2) is 6.54 Å². The van der Waals surface area contributed by atoms with Gasteiger partial charge in [0.25, 0.3) is 0 Å². The smallest absolute Gasteiger partial charge is 0.00974 e. The number of hydrazine groups is 1. The summed E-state index contributed by atoms with van der Waals surface area (Å²) in [6.45, 7) is 5.44. The maximum atomic E-state index is 5.10. The molecule has 3 heteroatoms. The molecule has 0 amide bonds. The van der Waals surface area contributed by atoms with Crippen molar-refractivity contribution in [3.63, 3.8) is 0 Å². The van der Waals surface area contributed by atoms with Gasteiger partial charge in [-0.1, -0.05) is 26.7 Å². The molecule has 2 nitrogen and oxygen atoms in total. The van der Waals surface area contributed by atoms with Crippen LogP contribution >= 0.6 is 12.4 Å². The summed E-state index contributed by atoms with van der Waals surface area (Å²) in [4.78, 5) is 0. The molecule has 0 spiro atoms. The predicted molar refractivity (Wildman–Crippen MR) is 48.1 cm³/mol. The molecule has 0 aliphatic heterocycles. The summed E-state index contributed by atoms with van der Waals surface area (Å²) in [6.07, 6.45) is 3.82. The van der Waals surface area contributed by atoms with Gasteiger partial charge in [-0.3, -0.25) is 11.3 Å². The van der Waals surface area contributed by atoms with Gasteiger partial charge in [-0.05, 0) is 12.3 Å². The normalized spacial score (nSPS) is 9.60. The second-order valence-electron chi connectivity index (χ2n) is 2.84. The van der Waals surface area contributed by atoms with Crippen molar-refractivity contribution in [1.82, 2.24) is 5.43 Å². The van der Waals surface area contributed by atoms with Gasteiger partial charge < -0.3 is 0 Å². The fourth-order valence-electron chi connectivity index (χ4n) is 0.780. The van der Waals surface area contributed by atoms with E-state index in [1.807, 2.05) is 0 Å². The molecule has 0 atom stereocenters. The summed E-state index contributed by atoms with van der Waals surface area (Å²) in [7, 11) is 0. The van der Waals surface area contributed by atoms with E-state index < -0.39 is 0 Å². The van der Waals surface area contributed by atoms with E-state index in [9.17, 15) is 0 Å². The lowest BCUT2D eigenvalue weighted by molar-refractivity contribution is 0.524. The molecule has 0 rings (SSSR count). The van der Waals surface area contributed by atoms with E-state index in [-0.39, 0.29) is 12.4 Å². The minimum atomic E-state index is 0. The van der Waals surface area contributed by atoms with Gasteiger partial charge >= 0.3 is 0 Å². The Balaban J connectivity index is 0. The lowest BCUT2D eigenvalue weighted by atomic mass is 10.1. The second-order valence-corrected chi connectivity index (χ2v) is 2.84. The van der Waals surface area contributed by atoms with Crippen LogP contribution in [0.15, 0.2) is 0 Å². The van der Waals surface area contributed by atoms with Crippen molar-refractivity contribution in [2.24, 2.45) is 11.8 Å². The lowest BCUT2D eigenvalue weighted by Crippen LogP contribution is -2.22. The summed E-state index contributed by atoms with van der Waals surface area (Å²) in [5.41, 5.74) is 2.64. The Labute approximate surface area is 69.9 Å². The molecular formula is C7H19ClN2. The van der Waals surface area contributed by atoms with Crippen LogP contribution in [0, 0.1) is 5.92 Å². The molecule has 0 aliphatic rings. The highest BCUT2D eigenvalue weighted by molar-refractivity contribution is 5.85. The molecule has 64 valence electrons. The van der Waals surface area contributed by atoms with Crippen LogP contribution < -0.4 is 11.3 Å². The van der Waals surface area contributed by atoms with Gasteiger partial charge in [-0.15, -0.1) is 12.4 Å². The van der Waals surface area contributed by atoms with Gasteiger partial charge in [-0.25, -0.2) is 0 Å². The van der Waals surface area contributed by atoms with Crippen LogP contribution in [0.2, 0.25) is 0 Å². The summed E-state index contributed by atoms with van der Waals surface area (Å²) >= 11 is 0. The van der Waals surface area contributed by atoms with Gasteiger partial charge in [0.1, 0.15) is 0 Å². The number of nitrogens with two attached hydrogens (primary N) is 1. The van der Waals surface area contributed by atoms with Crippen molar-refractivity contribution in [3.8, 4) is 0 Å². The molecule has 0 aromatic rings. The molecule has 0 heterocycles. The first-order valence-electron chi connectivity index (χ1n) is 3.71. The number of hydrogen-bond acceptors (Lipinski definition) is 2. The van der Waals surface area contributed by atoms with Gasteiger partial charge in [0.05, 0.1) is 0 Å². The van der Waals surface area contributed by atoms with Crippen molar-refractivity contribution in [2.75, 3.05) is 6.54 Å². The molecule has 0 saturated heterocycles. The van der Waals surface area contributed by atoms with Crippen LogP contribution in [0.25, 0.3) is 0 Å². The van der Waals surface area contributed by atoms with E-state index in [4.69, 9.17) is 5.84 Å². The zero-order chi connectivity index (χ0) is 7.11. The predicted octanol–water partition coefficient (Wildman–Crippen LogP) is 1.70. The Hall–Kier alpha value is 0.210. The highest BCUT2D eigenvalue weighted by atomic mass is 35.5. The van der Waals surface area contributed by atoms with E-state index >= 15 is 0 Å². The molecule has 3 N–H and O–H groups in total. The highest BCUT2D eigenvalue weighted by Gasteiger charge is 1.91. The topological polar surface area (TPSA) is 38.0 Å². The van der Waals surface area contributed by atoms with E-state index in [1.54, 1.807) is 0 Å². The second kappa shape index (κ2) is 9.21. The van der Waals surface area contributed by atoms with Crippen molar-refractivity contribution in [2.45, 2.75) is 33.1 Å². The van der Waals surface area contributed by atoms with Gasteiger partial charge in [0, 0.05) is 6.54 Å². The molecule has 0 radical (unpaired) electrons. The number of hydrogen-bond donors (Lipinski definition) is 2. The van der Waals surface area contributed by atoms with Crippen molar-refractivity contribution >= 4 is 12.4 Å². The molecular weight excluding hydrogens is 148 g/mol. The molecule has 0 unspecified atom stereocenters. The first-order valence-corrected chi connectivity index (χ1v) is 3.71. The van der Waals surface area contributed by atoms with Gasteiger partial charge in [-0.2, -0.15) is 0 Å². The Kier molecular flexibility index (Phi) is 11.8. The van der Waals surface area contributed by atoms with Crippen molar-refractivity contribution in [1.29, 1.82) is 0 Å². The third kappa shape index (κ3) is 11.1. The van der Waals surface area contributed by atoms with E-state index in [0.29, 0.717) is 0 Å². The number of unbranched alkanes of at least 4 members (excludes halogenated alkanes) is 1. The van der Waals surface area contributed by atoms with E-state index in [0.717, 1.165) is 12.5 Å². The van der Waals surface area contributed by atoms with Crippen LogP contribution in [-0.2, 0) is 0 Å². The zero-order valence-corrected chi connectivity index (χ0v) is 7.71. The standard InChI is InChI=1S/C7H18N2.ClH/c1-7(2)5-3-4-6-9-8;/h7,9H,3-6,8H2,1-2H3;1H. The summed E-state index contributed by atoms with van der Waals surface area (Å²) in [5, 5.41) is 0. The zero-order valence-electron chi connectivity index (χ0n) is 6.89. The molecule has 0 aromatic heterocycles. The lowest BCUT2D eigenvalue weighted by Gasteiger charge is -2.02. The van der Waals surface area contributed by atoms with E-state index in [1.165, 1.54) is 19.3 Å². The van der Waals surface area contributed by atoms with Crippen LogP contribution in [0.4, 0.5) is 0 Å². The Bertz CT molecular complexity index is 57.6. The maximum Gasteiger partial charge on any atom is 0.00974 e.